The maximum atomic E-state index is 12.0. The Morgan fingerprint density at radius 3 is 2.31 bits per heavy atom. The van der Waals surface area contributed by atoms with Gasteiger partial charge in [-0.1, -0.05) is 0 Å². The van der Waals surface area contributed by atoms with Crippen molar-refractivity contribution in [1.82, 2.24) is 20.9 Å². The minimum absolute atomic E-state index is 0.297. The first-order valence-corrected chi connectivity index (χ1v) is 10.8. The molecule has 1 aliphatic heterocycles. The van der Waals surface area contributed by atoms with Crippen LogP contribution in [0.5, 0.6) is 0 Å². The summed E-state index contributed by atoms with van der Waals surface area (Å²) in [5, 5.41) is 9.53. The molecule has 1 amide bonds. The standard InChI is InChI=1S/C21H43N5O3/c1-9-22-18(23-11-10-12-26-13-16(2)28-17(3)14-26)24-15-21(7,8)25-19(27)29-20(4,5)6/h16-17H,9-15H2,1-8H3,(H,25,27)(H2,22,23,24). The Morgan fingerprint density at radius 1 is 1.14 bits per heavy atom. The monoisotopic (exact) mass is 413 g/mol. The van der Waals surface area contributed by atoms with Gasteiger partial charge in [0.1, 0.15) is 5.60 Å². The number of alkyl carbamates (subject to hydrolysis) is 1. The molecule has 0 bridgehead atoms. The van der Waals surface area contributed by atoms with E-state index < -0.39 is 17.2 Å². The largest absolute Gasteiger partial charge is 0.444 e. The number of morpholine rings is 1. The molecule has 0 aromatic carbocycles. The minimum Gasteiger partial charge on any atom is -0.444 e. The summed E-state index contributed by atoms with van der Waals surface area (Å²) < 4.78 is 11.1. The van der Waals surface area contributed by atoms with Crippen molar-refractivity contribution in [2.45, 2.75) is 85.2 Å². The van der Waals surface area contributed by atoms with E-state index in [0.717, 1.165) is 45.1 Å². The lowest BCUT2D eigenvalue weighted by atomic mass is 10.1. The van der Waals surface area contributed by atoms with Gasteiger partial charge < -0.3 is 25.4 Å². The third-order valence-electron chi connectivity index (χ3n) is 4.25. The fourth-order valence-electron chi connectivity index (χ4n) is 3.21. The molecule has 2 atom stereocenters. The number of ether oxygens (including phenoxy) is 2. The number of hydrogen-bond donors (Lipinski definition) is 3. The second-order valence-corrected chi connectivity index (χ2v) is 9.50. The van der Waals surface area contributed by atoms with Gasteiger partial charge in [0.05, 0.1) is 24.3 Å². The SMILES string of the molecule is CCNC(=NCC(C)(C)NC(=O)OC(C)(C)C)NCCCN1CC(C)OC(C)C1. The van der Waals surface area contributed by atoms with E-state index in [0.29, 0.717) is 18.8 Å². The minimum atomic E-state index is -0.518. The summed E-state index contributed by atoms with van der Waals surface area (Å²) in [5.74, 6) is 0.760. The third kappa shape index (κ3) is 11.9. The molecule has 1 heterocycles. The molecular weight excluding hydrogens is 370 g/mol. The van der Waals surface area contributed by atoms with Gasteiger partial charge in [0.2, 0.25) is 0 Å². The molecule has 1 aliphatic rings. The summed E-state index contributed by atoms with van der Waals surface area (Å²) in [6, 6.07) is 0. The molecule has 29 heavy (non-hydrogen) atoms. The lowest BCUT2D eigenvalue weighted by Crippen LogP contribution is -2.49. The van der Waals surface area contributed by atoms with Crippen LogP contribution in [0.3, 0.4) is 0 Å². The summed E-state index contributed by atoms with van der Waals surface area (Å²) in [4.78, 5) is 19.1. The van der Waals surface area contributed by atoms with Crippen LogP contribution in [0.4, 0.5) is 4.79 Å². The van der Waals surface area contributed by atoms with Gasteiger partial charge in [-0.3, -0.25) is 9.89 Å². The van der Waals surface area contributed by atoms with Gasteiger partial charge in [0.15, 0.2) is 5.96 Å². The van der Waals surface area contributed by atoms with Gasteiger partial charge in [-0.15, -0.1) is 0 Å². The zero-order valence-corrected chi connectivity index (χ0v) is 19.7. The average molecular weight is 414 g/mol. The smallest absolute Gasteiger partial charge is 0.408 e. The molecular formula is C21H43N5O3. The highest BCUT2D eigenvalue weighted by molar-refractivity contribution is 5.79. The molecule has 1 rings (SSSR count). The molecule has 0 spiro atoms. The van der Waals surface area contributed by atoms with Crippen LogP contribution in [0.25, 0.3) is 0 Å². The summed E-state index contributed by atoms with van der Waals surface area (Å²) in [7, 11) is 0. The Kier molecular flexibility index (Phi) is 10.2. The summed E-state index contributed by atoms with van der Waals surface area (Å²) in [6.45, 7) is 20.8. The average Bonchev–Trinajstić information content (AvgIpc) is 2.53. The predicted octanol–water partition coefficient (Wildman–Crippen LogP) is 2.34. The molecule has 0 aliphatic carbocycles. The van der Waals surface area contributed by atoms with Crippen molar-refractivity contribution in [3.05, 3.63) is 0 Å². The zero-order chi connectivity index (χ0) is 22.1. The Labute approximate surface area is 177 Å². The van der Waals surface area contributed by atoms with E-state index >= 15 is 0 Å². The summed E-state index contributed by atoms with van der Waals surface area (Å²) in [5.41, 5.74) is -1.03. The Hall–Kier alpha value is -1.54. The molecule has 0 aromatic heterocycles. The molecule has 8 heteroatoms. The predicted molar refractivity (Wildman–Crippen MR) is 118 cm³/mol. The van der Waals surface area contributed by atoms with Gasteiger partial charge in [-0.2, -0.15) is 0 Å². The number of rotatable bonds is 8. The first-order chi connectivity index (χ1) is 13.4. The topological polar surface area (TPSA) is 87.2 Å². The number of nitrogens with one attached hydrogen (secondary N) is 3. The van der Waals surface area contributed by atoms with E-state index in [1.165, 1.54) is 0 Å². The number of carbonyl (C=O) groups is 1. The summed E-state index contributed by atoms with van der Waals surface area (Å²) >= 11 is 0. The van der Waals surface area contributed by atoms with Gasteiger partial charge in [-0.25, -0.2) is 4.79 Å². The van der Waals surface area contributed by atoms with Gasteiger partial charge in [-0.05, 0) is 61.8 Å². The van der Waals surface area contributed by atoms with Crippen LogP contribution in [0.1, 0.15) is 61.8 Å². The number of nitrogens with zero attached hydrogens (tertiary/aromatic N) is 2. The Morgan fingerprint density at radius 2 is 1.76 bits per heavy atom. The van der Waals surface area contributed by atoms with E-state index in [-0.39, 0.29) is 0 Å². The highest BCUT2D eigenvalue weighted by Crippen LogP contribution is 2.11. The van der Waals surface area contributed by atoms with E-state index in [4.69, 9.17) is 9.47 Å². The normalized spacial score (nSPS) is 21.6. The van der Waals surface area contributed by atoms with Crippen LogP contribution in [-0.2, 0) is 9.47 Å². The molecule has 0 aromatic rings. The van der Waals surface area contributed by atoms with Crippen molar-refractivity contribution in [3.63, 3.8) is 0 Å². The van der Waals surface area contributed by atoms with Crippen LogP contribution in [0, 0.1) is 0 Å². The molecule has 2 unspecified atom stereocenters. The van der Waals surface area contributed by atoms with Crippen molar-refractivity contribution in [2.75, 3.05) is 39.3 Å². The maximum absolute atomic E-state index is 12.0. The van der Waals surface area contributed by atoms with Crippen LogP contribution in [0.15, 0.2) is 4.99 Å². The fourth-order valence-corrected chi connectivity index (χ4v) is 3.21. The molecule has 0 saturated carbocycles. The van der Waals surface area contributed by atoms with Crippen molar-refractivity contribution >= 4 is 12.1 Å². The van der Waals surface area contributed by atoms with E-state index in [9.17, 15) is 4.79 Å². The number of hydrogen-bond acceptors (Lipinski definition) is 5. The van der Waals surface area contributed by atoms with Crippen molar-refractivity contribution in [3.8, 4) is 0 Å². The second-order valence-electron chi connectivity index (χ2n) is 9.50. The van der Waals surface area contributed by atoms with Crippen LogP contribution in [0.2, 0.25) is 0 Å². The molecule has 3 N–H and O–H groups in total. The highest BCUT2D eigenvalue weighted by Gasteiger charge is 2.24. The molecule has 1 saturated heterocycles. The second kappa shape index (κ2) is 11.6. The lowest BCUT2D eigenvalue weighted by Gasteiger charge is -2.35. The Balaban J connectivity index is 2.43. The van der Waals surface area contributed by atoms with Gasteiger partial charge in [0, 0.05) is 32.7 Å². The molecule has 1 fully saturated rings. The van der Waals surface area contributed by atoms with Gasteiger partial charge >= 0.3 is 6.09 Å². The Bertz CT molecular complexity index is 521. The van der Waals surface area contributed by atoms with E-state index in [2.05, 4.69) is 39.7 Å². The lowest BCUT2D eigenvalue weighted by molar-refractivity contribution is -0.0679. The number of guanidine groups is 1. The fraction of sp³-hybridized carbons (Fsp3) is 0.905. The molecule has 8 nitrogen and oxygen atoms in total. The van der Waals surface area contributed by atoms with Crippen molar-refractivity contribution in [2.24, 2.45) is 4.99 Å². The maximum Gasteiger partial charge on any atom is 0.408 e. The van der Waals surface area contributed by atoms with Gasteiger partial charge in [0.25, 0.3) is 0 Å². The zero-order valence-electron chi connectivity index (χ0n) is 19.7. The molecule has 170 valence electrons. The van der Waals surface area contributed by atoms with Crippen LogP contribution >= 0.6 is 0 Å². The first-order valence-electron chi connectivity index (χ1n) is 10.8. The van der Waals surface area contributed by atoms with Crippen molar-refractivity contribution < 1.29 is 14.3 Å². The number of amides is 1. The van der Waals surface area contributed by atoms with Crippen molar-refractivity contribution in [1.29, 1.82) is 0 Å². The first kappa shape index (κ1) is 25.5. The quantitative estimate of drug-likeness (QED) is 0.322. The van der Waals surface area contributed by atoms with Crippen LogP contribution in [-0.4, -0.2) is 79.6 Å². The summed E-state index contributed by atoms with van der Waals surface area (Å²) in [6.07, 6.45) is 1.20. The van der Waals surface area contributed by atoms with E-state index in [1.54, 1.807) is 0 Å². The highest BCUT2D eigenvalue weighted by atomic mass is 16.6. The number of carbonyl (C=O) groups excluding carboxylic acids is 1. The van der Waals surface area contributed by atoms with E-state index in [1.807, 2.05) is 41.5 Å². The molecule has 0 radical (unpaired) electrons. The third-order valence-corrected chi connectivity index (χ3v) is 4.25. The van der Waals surface area contributed by atoms with Crippen LogP contribution < -0.4 is 16.0 Å². The number of aliphatic imine (C=N–C) groups is 1.